The summed E-state index contributed by atoms with van der Waals surface area (Å²) in [5, 5.41) is 0. The zero-order valence-corrected chi connectivity index (χ0v) is 19.4. The highest BCUT2D eigenvalue weighted by atomic mass is 14.3. The fourth-order valence-corrected chi connectivity index (χ4v) is 4.30. The molecule has 1 atom stereocenters. The third-order valence-electron chi connectivity index (χ3n) is 5.89. The summed E-state index contributed by atoms with van der Waals surface area (Å²) in [6, 6.07) is 12.0. The molecular weight excluding hydrogens is 324 g/mol. The van der Waals surface area contributed by atoms with Gasteiger partial charge in [-0.3, -0.25) is 0 Å². The number of aryl methyl sites for hydroxylation is 3. The van der Waals surface area contributed by atoms with Gasteiger partial charge in [-0.15, -0.1) is 0 Å². The number of hydrogen-bond acceptors (Lipinski definition) is 0. The van der Waals surface area contributed by atoms with Crippen LogP contribution in [-0.2, 0) is 10.8 Å². The Morgan fingerprint density at radius 2 is 1.30 bits per heavy atom. The summed E-state index contributed by atoms with van der Waals surface area (Å²) in [6.07, 6.45) is 2.39. The van der Waals surface area contributed by atoms with E-state index in [2.05, 4.69) is 99.6 Å². The molecule has 0 heterocycles. The highest BCUT2D eigenvalue weighted by molar-refractivity contribution is 5.48. The predicted octanol–water partition coefficient (Wildman–Crippen LogP) is 8.14. The minimum Gasteiger partial charge on any atom is -0.0653 e. The predicted molar refractivity (Wildman–Crippen MR) is 121 cm³/mol. The van der Waals surface area contributed by atoms with Gasteiger partial charge in [0, 0.05) is 5.92 Å². The molecule has 2 rings (SSSR count). The monoisotopic (exact) mass is 364 g/mol. The van der Waals surface area contributed by atoms with E-state index < -0.39 is 0 Å². The minimum atomic E-state index is 0.172. The lowest BCUT2D eigenvalue weighted by atomic mass is 9.76. The van der Waals surface area contributed by atoms with Crippen LogP contribution in [0.5, 0.6) is 0 Å². The van der Waals surface area contributed by atoms with Crippen molar-refractivity contribution in [3.8, 4) is 0 Å². The van der Waals surface area contributed by atoms with E-state index in [1.807, 2.05) is 0 Å². The van der Waals surface area contributed by atoms with Crippen LogP contribution in [0.4, 0.5) is 0 Å². The summed E-state index contributed by atoms with van der Waals surface area (Å²) in [5.74, 6) is 0.471. The second-order valence-electron chi connectivity index (χ2n) is 10.4. The third kappa shape index (κ3) is 4.84. The Morgan fingerprint density at radius 1 is 0.704 bits per heavy atom. The lowest BCUT2D eigenvalue weighted by molar-refractivity contribution is 0.581. The van der Waals surface area contributed by atoms with Gasteiger partial charge in [-0.25, -0.2) is 0 Å². The molecule has 148 valence electrons. The SMILES string of the molecule is CCCC(c1cc(C(C)(C)C)ccc1C)c1cc(C(C)(C)C)c(C)cc1C. The minimum absolute atomic E-state index is 0.172. The Morgan fingerprint density at radius 3 is 1.81 bits per heavy atom. The molecule has 0 saturated heterocycles. The van der Waals surface area contributed by atoms with E-state index in [9.17, 15) is 0 Å². The van der Waals surface area contributed by atoms with Crippen LogP contribution < -0.4 is 0 Å². The van der Waals surface area contributed by atoms with Crippen molar-refractivity contribution in [3.63, 3.8) is 0 Å². The first kappa shape index (κ1) is 21.7. The number of rotatable bonds is 4. The van der Waals surface area contributed by atoms with Crippen molar-refractivity contribution >= 4 is 0 Å². The van der Waals surface area contributed by atoms with E-state index in [0.29, 0.717) is 5.92 Å². The van der Waals surface area contributed by atoms with Crippen LogP contribution >= 0.6 is 0 Å². The molecular formula is C27H40. The van der Waals surface area contributed by atoms with E-state index >= 15 is 0 Å². The van der Waals surface area contributed by atoms with Gasteiger partial charge in [0.1, 0.15) is 0 Å². The van der Waals surface area contributed by atoms with Crippen LogP contribution in [0.25, 0.3) is 0 Å². The van der Waals surface area contributed by atoms with Crippen molar-refractivity contribution in [1.29, 1.82) is 0 Å². The van der Waals surface area contributed by atoms with Crippen molar-refractivity contribution < 1.29 is 0 Å². The zero-order chi connectivity index (χ0) is 20.6. The van der Waals surface area contributed by atoms with Crippen molar-refractivity contribution in [2.45, 2.75) is 98.8 Å². The topological polar surface area (TPSA) is 0 Å². The molecule has 0 radical (unpaired) electrons. The zero-order valence-electron chi connectivity index (χ0n) is 19.4. The average Bonchev–Trinajstić information content (AvgIpc) is 2.51. The highest BCUT2D eigenvalue weighted by Crippen LogP contribution is 2.38. The summed E-state index contributed by atoms with van der Waals surface area (Å²) in [7, 11) is 0. The van der Waals surface area contributed by atoms with Gasteiger partial charge < -0.3 is 0 Å². The average molecular weight is 365 g/mol. The van der Waals surface area contributed by atoms with E-state index in [4.69, 9.17) is 0 Å². The van der Waals surface area contributed by atoms with Gasteiger partial charge in [-0.1, -0.05) is 85.2 Å². The molecule has 0 bridgehead atoms. The summed E-state index contributed by atoms with van der Waals surface area (Å²) in [6.45, 7) is 23.1. The largest absolute Gasteiger partial charge is 0.0653 e. The second kappa shape index (κ2) is 7.82. The molecule has 0 N–H and O–H groups in total. The van der Waals surface area contributed by atoms with Crippen LogP contribution in [0.2, 0.25) is 0 Å². The maximum absolute atomic E-state index is 2.51. The lowest BCUT2D eigenvalue weighted by Crippen LogP contribution is -2.16. The summed E-state index contributed by atoms with van der Waals surface area (Å²) >= 11 is 0. The van der Waals surface area contributed by atoms with E-state index in [0.717, 1.165) is 0 Å². The molecule has 0 saturated carbocycles. The summed E-state index contributed by atoms with van der Waals surface area (Å²) in [5.41, 5.74) is 10.6. The van der Waals surface area contributed by atoms with Gasteiger partial charge in [-0.05, 0) is 77.0 Å². The van der Waals surface area contributed by atoms with Crippen molar-refractivity contribution in [2.75, 3.05) is 0 Å². The Balaban J connectivity index is 2.70. The van der Waals surface area contributed by atoms with E-state index in [1.165, 1.54) is 51.8 Å². The van der Waals surface area contributed by atoms with Gasteiger partial charge in [-0.2, -0.15) is 0 Å². The molecule has 0 heteroatoms. The van der Waals surface area contributed by atoms with Crippen LogP contribution in [0.3, 0.4) is 0 Å². The van der Waals surface area contributed by atoms with Gasteiger partial charge in [0.15, 0.2) is 0 Å². The Labute approximate surface area is 168 Å². The molecule has 0 fully saturated rings. The molecule has 0 spiro atoms. The van der Waals surface area contributed by atoms with Gasteiger partial charge in [0.2, 0.25) is 0 Å². The van der Waals surface area contributed by atoms with Gasteiger partial charge in [0.05, 0.1) is 0 Å². The van der Waals surface area contributed by atoms with Crippen molar-refractivity contribution in [2.24, 2.45) is 0 Å². The molecule has 2 aromatic carbocycles. The molecule has 0 nitrogen and oxygen atoms in total. The molecule has 0 aromatic heterocycles. The Kier molecular flexibility index (Phi) is 6.30. The molecule has 0 aliphatic carbocycles. The Bertz CT molecular complexity index is 794. The molecule has 0 amide bonds. The van der Waals surface area contributed by atoms with Crippen LogP contribution in [0.15, 0.2) is 30.3 Å². The molecule has 1 unspecified atom stereocenters. The summed E-state index contributed by atoms with van der Waals surface area (Å²) < 4.78 is 0. The smallest absolute Gasteiger partial charge is 0.00946 e. The van der Waals surface area contributed by atoms with Crippen LogP contribution in [0.1, 0.15) is 106 Å². The molecule has 0 aliphatic rings. The van der Waals surface area contributed by atoms with Crippen molar-refractivity contribution in [1.82, 2.24) is 0 Å². The summed E-state index contributed by atoms with van der Waals surface area (Å²) in [4.78, 5) is 0. The lowest BCUT2D eigenvalue weighted by Gasteiger charge is -2.29. The number of hydrogen-bond donors (Lipinski definition) is 0. The van der Waals surface area contributed by atoms with Crippen LogP contribution in [0, 0.1) is 20.8 Å². The standard InChI is InChI=1S/C27H40/c1-11-12-22(23-16-21(26(5,6)7)14-13-18(23)2)24-17-25(27(8,9)10)20(4)15-19(24)3/h13-17,22H,11-12H2,1-10H3. The van der Waals surface area contributed by atoms with Crippen molar-refractivity contribution in [3.05, 3.63) is 69.3 Å². The Hall–Kier alpha value is -1.56. The first-order valence-electron chi connectivity index (χ1n) is 10.6. The van der Waals surface area contributed by atoms with E-state index in [-0.39, 0.29) is 10.8 Å². The third-order valence-corrected chi connectivity index (χ3v) is 5.89. The first-order valence-corrected chi connectivity index (χ1v) is 10.6. The molecule has 2 aromatic rings. The number of benzene rings is 2. The maximum atomic E-state index is 2.51. The molecule has 27 heavy (non-hydrogen) atoms. The fourth-order valence-electron chi connectivity index (χ4n) is 4.30. The van der Waals surface area contributed by atoms with Gasteiger partial charge in [0.25, 0.3) is 0 Å². The quantitative estimate of drug-likeness (QED) is 0.513. The van der Waals surface area contributed by atoms with Crippen LogP contribution in [-0.4, -0.2) is 0 Å². The maximum Gasteiger partial charge on any atom is 0.00946 e. The van der Waals surface area contributed by atoms with E-state index in [1.54, 1.807) is 0 Å². The van der Waals surface area contributed by atoms with Gasteiger partial charge >= 0.3 is 0 Å². The second-order valence-corrected chi connectivity index (χ2v) is 10.4. The first-order chi connectivity index (χ1) is 12.4. The normalized spacial score (nSPS) is 13.7. The molecule has 0 aliphatic heterocycles. The fraction of sp³-hybridized carbons (Fsp3) is 0.556. The highest BCUT2D eigenvalue weighted by Gasteiger charge is 2.24.